The maximum absolute atomic E-state index is 14.7. The van der Waals surface area contributed by atoms with Gasteiger partial charge in [0.05, 0.1) is 24.1 Å². The van der Waals surface area contributed by atoms with Gasteiger partial charge in [-0.1, -0.05) is 24.3 Å². The second kappa shape index (κ2) is 9.15. The summed E-state index contributed by atoms with van der Waals surface area (Å²) in [6, 6.07) is 16.4. The summed E-state index contributed by atoms with van der Waals surface area (Å²) >= 11 is 0. The summed E-state index contributed by atoms with van der Waals surface area (Å²) in [6.45, 7) is 1.07. The standard InChI is InChI=1S/C26H23FN4O3/c1-34-26(33)24-23(30-22-5-3-2-4-19(22)18-10-11-28-14-20(18)27)9-8-21(31-24)15-6-7-17-16(12-15)13-29-25(17)32/h2-9,12-13,18,20,28,30H,10-11,14H2,1H3. The van der Waals surface area contributed by atoms with Gasteiger partial charge in [0.1, 0.15) is 6.17 Å². The molecule has 5 rings (SSSR count). The highest BCUT2D eigenvalue weighted by Crippen LogP contribution is 2.35. The summed E-state index contributed by atoms with van der Waals surface area (Å²) in [4.78, 5) is 32.8. The molecule has 2 aromatic carbocycles. The van der Waals surface area contributed by atoms with Crippen molar-refractivity contribution in [2.24, 2.45) is 4.99 Å². The Morgan fingerprint density at radius 1 is 1.15 bits per heavy atom. The molecule has 1 amide bonds. The van der Waals surface area contributed by atoms with Crippen LogP contribution in [-0.4, -0.2) is 49.4 Å². The van der Waals surface area contributed by atoms with E-state index in [1.54, 1.807) is 24.3 Å². The van der Waals surface area contributed by atoms with E-state index >= 15 is 0 Å². The summed E-state index contributed by atoms with van der Waals surface area (Å²) in [6.07, 6.45) is 1.21. The number of anilines is 2. The van der Waals surface area contributed by atoms with E-state index in [9.17, 15) is 14.0 Å². The molecule has 8 heteroatoms. The molecular weight excluding hydrogens is 435 g/mol. The Kier molecular flexibility index (Phi) is 5.90. The Morgan fingerprint density at radius 2 is 2.00 bits per heavy atom. The Balaban J connectivity index is 1.51. The van der Waals surface area contributed by atoms with Crippen molar-refractivity contribution in [1.29, 1.82) is 0 Å². The van der Waals surface area contributed by atoms with Crippen LogP contribution in [-0.2, 0) is 4.74 Å². The van der Waals surface area contributed by atoms with Crippen molar-refractivity contribution in [2.45, 2.75) is 18.5 Å². The number of rotatable bonds is 5. The number of hydrogen-bond acceptors (Lipinski definition) is 6. The fraction of sp³-hybridized carbons (Fsp3) is 0.231. The zero-order chi connectivity index (χ0) is 23.7. The van der Waals surface area contributed by atoms with Gasteiger partial charge in [-0.2, -0.15) is 0 Å². The van der Waals surface area contributed by atoms with Gasteiger partial charge < -0.3 is 15.4 Å². The molecule has 0 saturated carbocycles. The number of amides is 1. The molecule has 0 bridgehead atoms. The predicted molar refractivity (Wildman–Crippen MR) is 128 cm³/mol. The molecule has 3 aromatic rings. The minimum atomic E-state index is -0.993. The number of carbonyl (C=O) groups is 2. The molecule has 2 N–H and O–H groups in total. The number of alkyl halides is 1. The van der Waals surface area contributed by atoms with Gasteiger partial charge in [-0.25, -0.2) is 19.2 Å². The summed E-state index contributed by atoms with van der Waals surface area (Å²) in [7, 11) is 1.30. The fourth-order valence-electron chi connectivity index (χ4n) is 4.44. The number of nitrogens with zero attached hydrogens (tertiary/aromatic N) is 2. The first-order valence-corrected chi connectivity index (χ1v) is 11.1. The second-order valence-corrected chi connectivity index (χ2v) is 8.28. The van der Waals surface area contributed by atoms with Crippen molar-refractivity contribution >= 4 is 29.5 Å². The molecule has 2 aliphatic rings. The van der Waals surface area contributed by atoms with E-state index in [0.717, 1.165) is 23.4 Å². The molecule has 172 valence electrons. The lowest BCUT2D eigenvalue weighted by molar-refractivity contribution is 0.0595. The van der Waals surface area contributed by atoms with Crippen molar-refractivity contribution in [3.05, 3.63) is 77.0 Å². The van der Waals surface area contributed by atoms with Gasteiger partial charge in [-0.05, 0) is 48.9 Å². The maximum Gasteiger partial charge on any atom is 0.358 e. The van der Waals surface area contributed by atoms with Crippen LogP contribution in [0.1, 0.15) is 44.3 Å². The zero-order valence-corrected chi connectivity index (χ0v) is 18.5. The number of halogens is 1. The smallest absolute Gasteiger partial charge is 0.358 e. The van der Waals surface area contributed by atoms with Crippen LogP contribution in [0, 0.1) is 0 Å². The van der Waals surface area contributed by atoms with Crippen LogP contribution < -0.4 is 10.6 Å². The zero-order valence-electron chi connectivity index (χ0n) is 18.5. The molecule has 1 saturated heterocycles. The van der Waals surface area contributed by atoms with E-state index in [1.165, 1.54) is 13.3 Å². The average Bonchev–Trinajstić information content (AvgIpc) is 3.24. The molecule has 7 nitrogen and oxygen atoms in total. The van der Waals surface area contributed by atoms with Gasteiger partial charge in [0.15, 0.2) is 5.69 Å². The number of ether oxygens (including phenoxy) is 1. The van der Waals surface area contributed by atoms with Gasteiger partial charge >= 0.3 is 5.97 Å². The summed E-state index contributed by atoms with van der Waals surface area (Å²) in [5, 5.41) is 6.37. The van der Waals surface area contributed by atoms with Crippen molar-refractivity contribution in [3.8, 4) is 11.3 Å². The van der Waals surface area contributed by atoms with Crippen molar-refractivity contribution in [3.63, 3.8) is 0 Å². The van der Waals surface area contributed by atoms with Crippen LogP contribution in [0.5, 0.6) is 0 Å². The summed E-state index contributed by atoms with van der Waals surface area (Å²) < 4.78 is 19.6. The highest BCUT2D eigenvalue weighted by molar-refractivity contribution is 6.13. The Morgan fingerprint density at radius 3 is 2.82 bits per heavy atom. The van der Waals surface area contributed by atoms with Crippen LogP contribution in [0.2, 0.25) is 0 Å². The van der Waals surface area contributed by atoms with Crippen LogP contribution in [0.25, 0.3) is 11.3 Å². The maximum atomic E-state index is 14.7. The minimum Gasteiger partial charge on any atom is -0.464 e. The van der Waals surface area contributed by atoms with Crippen molar-refractivity contribution in [1.82, 2.24) is 10.3 Å². The first kappa shape index (κ1) is 21.9. The minimum absolute atomic E-state index is 0.113. The lowest BCUT2D eigenvalue weighted by atomic mass is 9.87. The molecule has 0 radical (unpaired) electrons. The van der Waals surface area contributed by atoms with Crippen LogP contribution in [0.3, 0.4) is 0 Å². The van der Waals surface area contributed by atoms with Crippen molar-refractivity contribution < 1.29 is 18.7 Å². The monoisotopic (exact) mass is 458 g/mol. The highest BCUT2D eigenvalue weighted by atomic mass is 19.1. The van der Waals surface area contributed by atoms with Gasteiger partial charge in [-0.15, -0.1) is 0 Å². The van der Waals surface area contributed by atoms with E-state index in [4.69, 9.17) is 4.74 Å². The molecule has 34 heavy (non-hydrogen) atoms. The molecule has 2 atom stereocenters. The second-order valence-electron chi connectivity index (χ2n) is 8.28. The van der Waals surface area contributed by atoms with Gasteiger partial charge in [0, 0.05) is 35.5 Å². The van der Waals surface area contributed by atoms with Crippen LogP contribution in [0.4, 0.5) is 15.8 Å². The van der Waals surface area contributed by atoms with E-state index in [-0.39, 0.29) is 17.5 Å². The topological polar surface area (TPSA) is 92.7 Å². The summed E-state index contributed by atoms with van der Waals surface area (Å²) in [5.74, 6) is -1.10. The number of pyridine rings is 1. The fourth-order valence-corrected chi connectivity index (χ4v) is 4.44. The van der Waals surface area contributed by atoms with E-state index in [1.807, 2.05) is 30.3 Å². The number of aliphatic imine (C=N–C) groups is 1. The molecule has 3 heterocycles. The number of benzene rings is 2. The number of aromatic nitrogens is 1. The number of hydrogen-bond donors (Lipinski definition) is 2. The summed E-state index contributed by atoms with van der Waals surface area (Å²) in [5.41, 5.74) is 4.71. The average molecular weight is 458 g/mol. The molecule has 2 unspecified atom stereocenters. The number of methoxy groups -OCH3 is 1. The first-order valence-electron chi connectivity index (χ1n) is 11.1. The Hall–Kier alpha value is -3.91. The molecule has 0 aliphatic carbocycles. The molecule has 0 spiro atoms. The molecule has 1 aromatic heterocycles. The third-order valence-electron chi connectivity index (χ3n) is 6.21. The number of piperidine rings is 1. The highest BCUT2D eigenvalue weighted by Gasteiger charge is 2.28. The Labute approximate surface area is 196 Å². The third kappa shape index (κ3) is 4.08. The Bertz CT molecular complexity index is 1310. The number of para-hydroxylation sites is 1. The van der Waals surface area contributed by atoms with Crippen LogP contribution >= 0.6 is 0 Å². The number of nitrogens with one attached hydrogen (secondary N) is 2. The van der Waals surface area contributed by atoms with Gasteiger partial charge in [0.2, 0.25) is 0 Å². The molecular formula is C26H23FN4O3. The third-order valence-corrected chi connectivity index (χ3v) is 6.21. The number of fused-ring (bicyclic) bond motifs is 1. The van der Waals surface area contributed by atoms with E-state index < -0.39 is 12.1 Å². The first-order chi connectivity index (χ1) is 16.5. The SMILES string of the molecule is COC(=O)c1nc(-c2ccc3c(c2)C=NC3=O)ccc1Nc1ccccc1C1CCNCC1F. The lowest BCUT2D eigenvalue weighted by Gasteiger charge is -2.29. The molecule has 2 aliphatic heterocycles. The number of carbonyl (C=O) groups excluding carboxylic acids is 2. The predicted octanol–water partition coefficient (Wildman–Crippen LogP) is 4.27. The van der Waals surface area contributed by atoms with E-state index in [0.29, 0.717) is 35.5 Å². The molecule has 1 fully saturated rings. The number of esters is 1. The lowest BCUT2D eigenvalue weighted by Crippen LogP contribution is -2.36. The van der Waals surface area contributed by atoms with E-state index in [2.05, 4.69) is 20.6 Å². The van der Waals surface area contributed by atoms with Crippen LogP contribution in [0.15, 0.2) is 59.6 Å². The van der Waals surface area contributed by atoms with Gasteiger partial charge in [0.25, 0.3) is 5.91 Å². The van der Waals surface area contributed by atoms with Gasteiger partial charge in [-0.3, -0.25) is 4.79 Å². The normalized spacial score (nSPS) is 19.1. The quantitative estimate of drug-likeness (QED) is 0.555. The van der Waals surface area contributed by atoms with Crippen molar-refractivity contribution in [2.75, 3.05) is 25.5 Å². The largest absolute Gasteiger partial charge is 0.464 e.